The Morgan fingerprint density at radius 2 is 2.00 bits per heavy atom. The molecule has 0 spiro atoms. The lowest BCUT2D eigenvalue weighted by Crippen LogP contribution is -2.78. The SMILES string of the molecule is CO[C@H]1C(CO)O[C@@H](OC)[C@@H]([NH3+])C1O. The van der Waals surface area contributed by atoms with Crippen molar-refractivity contribution in [3.05, 3.63) is 0 Å². The first-order chi connectivity index (χ1) is 6.65. The fraction of sp³-hybridized carbons (Fsp3) is 1.00. The zero-order valence-corrected chi connectivity index (χ0v) is 8.42. The molecule has 14 heavy (non-hydrogen) atoms. The fourth-order valence-electron chi connectivity index (χ4n) is 1.64. The first-order valence-electron chi connectivity index (χ1n) is 4.48. The van der Waals surface area contributed by atoms with Crippen LogP contribution >= 0.6 is 0 Å². The van der Waals surface area contributed by atoms with Crippen LogP contribution in [0.4, 0.5) is 0 Å². The second kappa shape index (κ2) is 5.01. The third-order valence-corrected chi connectivity index (χ3v) is 2.48. The zero-order chi connectivity index (χ0) is 10.7. The van der Waals surface area contributed by atoms with Gasteiger partial charge in [0.2, 0.25) is 6.29 Å². The van der Waals surface area contributed by atoms with Crippen molar-refractivity contribution < 1.29 is 30.2 Å². The molecule has 0 aromatic heterocycles. The molecule has 1 rings (SSSR count). The Labute approximate surface area is 82.6 Å². The Morgan fingerprint density at radius 3 is 2.43 bits per heavy atom. The standard InChI is InChI=1S/C8H17NO5/c1-12-7-4(3-10)14-8(13-2)5(9)6(7)11/h4-8,10-11H,3,9H2,1-2H3/p+1/t4?,5-,6?,7-,8+/m0/s1. The van der Waals surface area contributed by atoms with Gasteiger partial charge in [-0.1, -0.05) is 0 Å². The monoisotopic (exact) mass is 208 g/mol. The maximum absolute atomic E-state index is 9.78. The summed E-state index contributed by atoms with van der Waals surface area (Å²) in [6, 6.07) is -0.423. The maximum atomic E-state index is 9.78. The van der Waals surface area contributed by atoms with Crippen molar-refractivity contribution in [2.24, 2.45) is 0 Å². The van der Waals surface area contributed by atoms with E-state index in [2.05, 4.69) is 5.73 Å². The molecule has 0 amide bonds. The zero-order valence-electron chi connectivity index (χ0n) is 8.42. The van der Waals surface area contributed by atoms with Crippen LogP contribution in [0.1, 0.15) is 0 Å². The van der Waals surface area contributed by atoms with Crippen molar-refractivity contribution in [3.63, 3.8) is 0 Å². The van der Waals surface area contributed by atoms with Crippen LogP contribution in [0.3, 0.4) is 0 Å². The number of quaternary nitrogens is 1. The number of ether oxygens (including phenoxy) is 3. The van der Waals surface area contributed by atoms with Gasteiger partial charge in [0.25, 0.3) is 0 Å². The molecular formula is C8H18NO5+. The third kappa shape index (κ3) is 2.05. The van der Waals surface area contributed by atoms with Crippen molar-refractivity contribution in [2.75, 3.05) is 20.8 Å². The predicted octanol–water partition coefficient (Wildman–Crippen LogP) is -2.66. The van der Waals surface area contributed by atoms with Gasteiger partial charge in [-0.25, -0.2) is 0 Å². The summed E-state index contributed by atoms with van der Waals surface area (Å²) in [5.74, 6) is 0. The van der Waals surface area contributed by atoms with Gasteiger partial charge in [-0.15, -0.1) is 0 Å². The average molecular weight is 208 g/mol. The Balaban J connectivity index is 2.71. The van der Waals surface area contributed by atoms with E-state index in [-0.39, 0.29) is 6.61 Å². The normalized spacial score (nSPS) is 43.9. The molecule has 1 heterocycles. The van der Waals surface area contributed by atoms with E-state index in [1.54, 1.807) is 0 Å². The lowest BCUT2D eigenvalue weighted by Gasteiger charge is -2.39. The molecular weight excluding hydrogens is 190 g/mol. The molecule has 1 saturated heterocycles. The van der Waals surface area contributed by atoms with Crippen LogP contribution in [-0.4, -0.2) is 61.7 Å². The molecule has 0 aromatic carbocycles. The summed E-state index contributed by atoms with van der Waals surface area (Å²) in [4.78, 5) is 0. The van der Waals surface area contributed by atoms with Crippen LogP contribution in [0.25, 0.3) is 0 Å². The highest BCUT2D eigenvalue weighted by molar-refractivity contribution is 4.89. The summed E-state index contributed by atoms with van der Waals surface area (Å²) >= 11 is 0. The molecule has 0 saturated carbocycles. The highest BCUT2D eigenvalue weighted by atomic mass is 16.7. The topological polar surface area (TPSA) is 95.8 Å². The van der Waals surface area contributed by atoms with E-state index in [1.807, 2.05) is 0 Å². The molecule has 6 heteroatoms. The van der Waals surface area contributed by atoms with Crippen molar-refractivity contribution in [1.29, 1.82) is 0 Å². The van der Waals surface area contributed by atoms with Crippen LogP contribution in [0, 0.1) is 0 Å². The quantitative estimate of drug-likeness (QED) is 0.470. The van der Waals surface area contributed by atoms with E-state index in [9.17, 15) is 5.11 Å². The Hall–Kier alpha value is -0.240. The molecule has 1 aliphatic heterocycles. The van der Waals surface area contributed by atoms with Crippen molar-refractivity contribution in [2.45, 2.75) is 30.6 Å². The Bertz CT molecular complexity index is 177. The van der Waals surface area contributed by atoms with Crippen LogP contribution in [0.15, 0.2) is 0 Å². The lowest BCUT2D eigenvalue weighted by atomic mass is 9.97. The number of hydrogen-bond acceptors (Lipinski definition) is 5. The summed E-state index contributed by atoms with van der Waals surface area (Å²) in [6.45, 7) is -0.220. The molecule has 2 unspecified atom stereocenters. The third-order valence-electron chi connectivity index (χ3n) is 2.48. The average Bonchev–Trinajstić information content (AvgIpc) is 2.21. The first kappa shape index (κ1) is 11.8. The van der Waals surface area contributed by atoms with Crippen molar-refractivity contribution >= 4 is 0 Å². The van der Waals surface area contributed by atoms with Crippen LogP contribution in [0.5, 0.6) is 0 Å². The van der Waals surface area contributed by atoms with Gasteiger partial charge in [-0.3, -0.25) is 0 Å². The Morgan fingerprint density at radius 1 is 1.36 bits per heavy atom. The van der Waals surface area contributed by atoms with Gasteiger partial charge in [-0.2, -0.15) is 0 Å². The minimum Gasteiger partial charge on any atom is -0.394 e. The van der Waals surface area contributed by atoms with E-state index >= 15 is 0 Å². The predicted molar refractivity (Wildman–Crippen MR) is 46.2 cm³/mol. The number of methoxy groups -OCH3 is 2. The van der Waals surface area contributed by atoms with Crippen molar-refractivity contribution in [3.8, 4) is 0 Å². The number of aliphatic hydroxyl groups excluding tert-OH is 2. The van der Waals surface area contributed by atoms with Gasteiger partial charge in [0.1, 0.15) is 18.3 Å². The van der Waals surface area contributed by atoms with Gasteiger partial charge in [0.15, 0.2) is 6.04 Å². The van der Waals surface area contributed by atoms with Crippen LogP contribution < -0.4 is 5.73 Å². The molecule has 84 valence electrons. The lowest BCUT2D eigenvalue weighted by molar-refractivity contribution is -0.500. The van der Waals surface area contributed by atoms with Crippen LogP contribution in [0.2, 0.25) is 0 Å². The molecule has 0 aromatic rings. The largest absolute Gasteiger partial charge is 0.394 e. The van der Waals surface area contributed by atoms with E-state index in [4.69, 9.17) is 19.3 Å². The first-order valence-corrected chi connectivity index (χ1v) is 4.48. The van der Waals surface area contributed by atoms with Gasteiger partial charge < -0.3 is 30.2 Å². The van der Waals surface area contributed by atoms with Gasteiger partial charge in [0.05, 0.1) is 6.61 Å². The maximum Gasteiger partial charge on any atom is 0.213 e. The molecule has 0 bridgehead atoms. The number of aliphatic hydroxyl groups is 2. The summed E-state index contributed by atoms with van der Waals surface area (Å²) in [5, 5.41) is 18.8. The van der Waals surface area contributed by atoms with E-state index in [1.165, 1.54) is 14.2 Å². The van der Waals surface area contributed by atoms with E-state index in [0.29, 0.717) is 0 Å². The molecule has 0 radical (unpaired) electrons. The Kier molecular flexibility index (Phi) is 4.24. The van der Waals surface area contributed by atoms with Crippen molar-refractivity contribution in [1.82, 2.24) is 0 Å². The second-order valence-electron chi connectivity index (χ2n) is 3.32. The van der Waals surface area contributed by atoms with E-state index in [0.717, 1.165) is 0 Å². The summed E-state index contributed by atoms with van der Waals surface area (Å²) in [7, 11) is 2.93. The molecule has 5 N–H and O–H groups in total. The number of hydrogen-bond donors (Lipinski definition) is 3. The van der Waals surface area contributed by atoms with Gasteiger partial charge in [-0.05, 0) is 0 Å². The van der Waals surface area contributed by atoms with Crippen LogP contribution in [-0.2, 0) is 14.2 Å². The number of rotatable bonds is 3. The van der Waals surface area contributed by atoms with Gasteiger partial charge >= 0.3 is 0 Å². The summed E-state index contributed by atoms with van der Waals surface area (Å²) < 4.78 is 15.4. The second-order valence-corrected chi connectivity index (χ2v) is 3.32. The summed E-state index contributed by atoms with van der Waals surface area (Å²) in [6.07, 6.45) is -2.53. The minimum absolute atomic E-state index is 0.220. The highest BCUT2D eigenvalue weighted by Gasteiger charge is 2.46. The summed E-state index contributed by atoms with van der Waals surface area (Å²) in [5.41, 5.74) is 3.74. The molecule has 1 aliphatic rings. The molecule has 5 atom stereocenters. The fourth-order valence-corrected chi connectivity index (χ4v) is 1.64. The molecule has 1 fully saturated rings. The smallest absolute Gasteiger partial charge is 0.213 e. The highest BCUT2D eigenvalue weighted by Crippen LogP contribution is 2.21. The minimum atomic E-state index is -0.796. The molecule has 0 aliphatic carbocycles. The van der Waals surface area contributed by atoms with E-state index < -0.39 is 30.6 Å². The van der Waals surface area contributed by atoms with Gasteiger partial charge in [0, 0.05) is 14.2 Å². The molecule has 6 nitrogen and oxygen atoms in total.